The van der Waals surface area contributed by atoms with Crippen LogP contribution in [0.3, 0.4) is 0 Å². The van der Waals surface area contributed by atoms with Gasteiger partial charge in [0, 0.05) is 17.8 Å². The fraction of sp³-hybridized carbons (Fsp3) is 0.316. The van der Waals surface area contributed by atoms with Gasteiger partial charge in [0.15, 0.2) is 0 Å². The van der Waals surface area contributed by atoms with Crippen LogP contribution in [-0.2, 0) is 21.4 Å². The van der Waals surface area contributed by atoms with Gasteiger partial charge in [-0.2, -0.15) is 4.31 Å². The Morgan fingerprint density at radius 3 is 2.46 bits per heavy atom. The number of amides is 1. The zero-order valence-corrected chi connectivity index (χ0v) is 16.3. The van der Waals surface area contributed by atoms with Crippen molar-refractivity contribution in [1.82, 2.24) is 4.31 Å². The number of hydrogen-bond donors (Lipinski definition) is 1. The Labute approximate surface area is 154 Å². The van der Waals surface area contributed by atoms with E-state index >= 15 is 0 Å². The summed E-state index contributed by atoms with van der Waals surface area (Å²) in [6, 6.07) is 12.7. The first kappa shape index (κ1) is 19.9. The number of methoxy groups -OCH3 is 1. The average molecular weight is 376 g/mol. The van der Waals surface area contributed by atoms with E-state index in [-0.39, 0.29) is 19.0 Å². The molecule has 7 heteroatoms. The number of sulfonamides is 1. The first-order valence-electron chi connectivity index (χ1n) is 8.15. The molecule has 0 spiro atoms. The summed E-state index contributed by atoms with van der Waals surface area (Å²) in [6.07, 6.45) is 1.09. The van der Waals surface area contributed by atoms with Gasteiger partial charge in [0.1, 0.15) is 5.75 Å². The van der Waals surface area contributed by atoms with E-state index in [0.29, 0.717) is 17.0 Å². The van der Waals surface area contributed by atoms with Crippen LogP contribution in [0.1, 0.15) is 16.7 Å². The smallest absolute Gasteiger partial charge is 0.239 e. The number of nitrogens with one attached hydrogen (secondary N) is 1. The van der Waals surface area contributed by atoms with Gasteiger partial charge < -0.3 is 10.1 Å². The van der Waals surface area contributed by atoms with Gasteiger partial charge in [0.05, 0.1) is 19.9 Å². The molecule has 0 fully saturated rings. The topological polar surface area (TPSA) is 75.7 Å². The Morgan fingerprint density at radius 1 is 1.12 bits per heavy atom. The molecule has 0 radical (unpaired) electrons. The molecule has 0 aliphatic heterocycles. The highest BCUT2D eigenvalue weighted by Crippen LogP contribution is 2.21. The van der Waals surface area contributed by atoms with Crippen molar-refractivity contribution in [2.45, 2.75) is 20.4 Å². The van der Waals surface area contributed by atoms with E-state index < -0.39 is 10.0 Å². The average Bonchev–Trinajstić information content (AvgIpc) is 2.58. The molecule has 2 rings (SSSR count). The first-order valence-corrected chi connectivity index (χ1v) is 10.00. The molecule has 1 amide bonds. The van der Waals surface area contributed by atoms with Crippen molar-refractivity contribution in [1.29, 1.82) is 0 Å². The Balaban J connectivity index is 2.18. The molecule has 0 saturated carbocycles. The summed E-state index contributed by atoms with van der Waals surface area (Å²) in [4.78, 5) is 12.4. The third kappa shape index (κ3) is 5.06. The standard InChI is InChI=1S/C19H24N2O4S/c1-14-8-7-10-17(15(14)2)20-19(22)13-21(26(4,23)24)12-16-9-5-6-11-18(16)25-3/h5-11H,12-13H2,1-4H3,(H,20,22). The number of rotatable bonds is 7. The van der Waals surface area contributed by atoms with Gasteiger partial charge in [-0.05, 0) is 37.1 Å². The molecule has 6 nitrogen and oxygen atoms in total. The number of benzene rings is 2. The largest absolute Gasteiger partial charge is 0.496 e. The van der Waals surface area contributed by atoms with Crippen molar-refractivity contribution in [3.05, 3.63) is 59.2 Å². The van der Waals surface area contributed by atoms with Crippen LogP contribution in [-0.4, -0.2) is 38.5 Å². The van der Waals surface area contributed by atoms with E-state index in [9.17, 15) is 13.2 Å². The molecule has 0 aromatic heterocycles. The maximum absolute atomic E-state index is 12.4. The lowest BCUT2D eigenvalue weighted by Crippen LogP contribution is -2.37. The highest BCUT2D eigenvalue weighted by Gasteiger charge is 2.22. The predicted molar refractivity (Wildman–Crippen MR) is 103 cm³/mol. The van der Waals surface area contributed by atoms with Gasteiger partial charge in [-0.3, -0.25) is 4.79 Å². The number of para-hydroxylation sites is 1. The van der Waals surface area contributed by atoms with Gasteiger partial charge in [-0.1, -0.05) is 30.3 Å². The van der Waals surface area contributed by atoms with Crippen molar-refractivity contribution in [3.8, 4) is 5.75 Å². The minimum absolute atomic E-state index is 0.0586. The van der Waals surface area contributed by atoms with Crippen LogP contribution in [0.25, 0.3) is 0 Å². The Bertz CT molecular complexity index is 894. The second-order valence-electron chi connectivity index (χ2n) is 6.14. The summed E-state index contributed by atoms with van der Waals surface area (Å²) in [5, 5.41) is 2.79. The summed E-state index contributed by atoms with van der Waals surface area (Å²) in [6.45, 7) is 3.65. The molecule has 2 aromatic carbocycles. The van der Waals surface area contributed by atoms with Crippen LogP contribution in [0.15, 0.2) is 42.5 Å². The zero-order chi connectivity index (χ0) is 19.3. The van der Waals surface area contributed by atoms with E-state index in [1.165, 1.54) is 7.11 Å². The number of ether oxygens (including phenoxy) is 1. The highest BCUT2D eigenvalue weighted by atomic mass is 32.2. The molecule has 0 saturated heterocycles. The summed E-state index contributed by atoms with van der Waals surface area (Å²) in [5.41, 5.74) is 3.38. The monoisotopic (exact) mass is 376 g/mol. The first-order chi connectivity index (χ1) is 12.2. The third-order valence-electron chi connectivity index (χ3n) is 4.21. The molecule has 140 valence electrons. The Hall–Kier alpha value is -2.38. The fourth-order valence-corrected chi connectivity index (χ4v) is 3.28. The number of nitrogens with zero attached hydrogens (tertiary/aromatic N) is 1. The summed E-state index contributed by atoms with van der Waals surface area (Å²) in [7, 11) is -2.05. The Morgan fingerprint density at radius 2 is 1.81 bits per heavy atom. The SMILES string of the molecule is COc1ccccc1CN(CC(=O)Nc1cccc(C)c1C)S(C)(=O)=O. The lowest BCUT2D eigenvalue weighted by atomic mass is 10.1. The molecular weight excluding hydrogens is 352 g/mol. The molecule has 0 aliphatic carbocycles. The van der Waals surface area contributed by atoms with Crippen LogP contribution in [0.2, 0.25) is 0 Å². The van der Waals surface area contributed by atoms with Gasteiger partial charge in [0.25, 0.3) is 0 Å². The quantitative estimate of drug-likeness (QED) is 0.806. The van der Waals surface area contributed by atoms with Crippen LogP contribution < -0.4 is 10.1 Å². The summed E-state index contributed by atoms with van der Waals surface area (Å²) >= 11 is 0. The molecule has 1 N–H and O–H groups in total. The minimum Gasteiger partial charge on any atom is -0.496 e. The van der Waals surface area contributed by atoms with Gasteiger partial charge in [-0.25, -0.2) is 8.42 Å². The van der Waals surface area contributed by atoms with Crippen molar-refractivity contribution >= 4 is 21.6 Å². The molecule has 0 aliphatic rings. The number of carbonyl (C=O) groups is 1. The number of anilines is 1. The maximum atomic E-state index is 12.4. The van der Waals surface area contributed by atoms with Gasteiger partial charge in [0.2, 0.25) is 15.9 Å². The van der Waals surface area contributed by atoms with Crippen LogP contribution in [0, 0.1) is 13.8 Å². The maximum Gasteiger partial charge on any atom is 0.239 e. The van der Waals surface area contributed by atoms with Crippen LogP contribution >= 0.6 is 0 Å². The van der Waals surface area contributed by atoms with E-state index in [2.05, 4.69) is 5.32 Å². The van der Waals surface area contributed by atoms with Crippen LogP contribution in [0.5, 0.6) is 5.75 Å². The second-order valence-corrected chi connectivity index (χ2v) is 8.12. The van der Waals surface area contributed by atoms with Crippen LogP contribution in [0.4, 0.5) is 5.69 Å². The molecule has 0 bridgehead atoms. The van der Waals surface area contributed by atoms with E-state index in [4.69, 9.17) is 4.74 Å². The summed E-state index contributed by atoms with van der Waals surface area (Å²) < 4.78 is 30.7. The number of aryl methyl sites for hydroxylation is 1. The van der Waals surface area contributed by atoms with Crippen molar-refractivity contribution in [3.63, 3.8) is 0 Å². The second kappa shape index (κ2) is 8.33. The predicted octanol–water partition coefficient (Wildman–Crippen LogP) is 2.71. The van der Waals surface area contributed by atoms with Crippen molar-refractivity contribution in [2.24, 2.45) is 0 Å². The van der Waals surface area contributed by atoms with Gasteiger partial charge >= 0.3 is 0 Å². The number of carbonyl (C=O) groups excluding carboxylic acids is 1. The minimum atomic E-state index is -3.58. The third-order valence-corrected chi connectivity index (χ3v) is 5.40. The lowest BCUT2D eigenvalue weighted by Gasteiger charge is -2.21. The fourth-order valence-electron chi connectivity index (χ4n) is 2.55. The molecular formula is C19H24N2O4S. The molecule has 26 heavy (non-hydrogen) atoms. The Kier molecular flexibility index (Phi) is 6.39. The molecule has 0 atom stereocenters. The van der Waals surface area contributed by atoms with E-state index in [0.717, 1.165) is 21.7 Å². The van der Waals surface area contributed by atoms with E-state index in [1.807, 2.05) is 26.0 Å². The molecule has 0 unspecified atom stereocenters. The normalized spacial score (nSPS) is 11.4. The zero-order valence-electron chi connectivity index (χ0n) is 15.4. The highest BCUT2D eigenvalue weighted by molar-refractivity contribution is 7.88. The van der Waals surface area contributed by atoms with Gasteiger partial charge in [-0.15, -0.1) is 0 Å². The molecule has 2 aromatic rings. The number of hydrogen-bond acceptors (Lipinski definition) is 4. The van der Waals surface area contributed by atoms with Crippen molar-refractivity contribution < 1.29 is 17.9 Å². The van der Waals surface area contributed by atoms with Crippen molar-refractivity contribution in [2.75, 3.05) is 25.2 Å². The molecule has 0 heterocycles. The summed E-state index contributed by atoms with van der Waals surface area (Å²) in [5.74, 6) is 0.190. The lowest BCUT2D eigenvalue weighted by molar-refractivity contribution is -0.116. The van der Waals surface area contributed by atoms with E-state index in [1.54, 1.807) is 30.3 Å².